The molecule has 0 saturated carbocycles. The van der Waals surface area contributed by atoms with Crippen molar-refractivity contribution in [1.29, 1.82) is 0 Å². The van der Waals surface area contributed by atoms with Crippen LogP contribution in [0.3, 0.4) is 0 Å². The molecule has 0 aromatic heterocycles. The zero-order valence-corrected chi connectivity index (χ0v) is 8.32. The number of carboxylic acid groups (broad SMARTS) is 1. The van der Waals surface area contributed by atoms with Gasteiger partial charge in [-0.25, -0.2) is 0 Å². The fraction of sp³-hybridized carbons (Fsp3) is 0.364. The number of carboxylic acids is 1. The van der Waals surface area contributed by atoms with Crippen molar-refractivity contribution in [2.24, 2.45) is 0 Å². The molecule has 1 aromatic rings. The van der Waals surface area contributed by atoms with Crippen LogP contribution in [-0.2, 0) is 11.4 Å². The second-order valence-electron chi connectivity index (χ2n) is 3.41. The Bertz CT molecular complexity index is 344. The van der Waals surface area contributed by atoms with Crippen molar-refractivity contribution in [3.05, 3.63) is 34.9 Å². The van der Waals surface area contributed by atoms with Crippen LogP contribution in [0.1, 0.15) is 29.5 Å². The summed E-state index contributed by atoms with van der Waals surface area (Å²) in [5.74, 6) is -1.33. The van der Waals surface area contributed by atoms with E-state index < -0.39 is 11.9 Å². The summed E-state index contributed by atoms with van der Waals surface area (Å²) in [6.07, 6.45) is 0. The second kappa shape index (κ2) is 4.24. The van der Waals surface area contributed by atoms with Crippen LogP contribution >= 0.6 is 0 Å². The molecule has 0 aliphatic carbocycles. The lowest BCUT2D eigenvalue weighted by Crippen LogP contribution is -2.09. The lowest BCUT2D eigenvalue weighted by molar-refractivity contribution is -0.138. The Kier molecular flexibility index (Phi) is 3.25. The van der Waals surface area contributed by atoms with Gasteiger partial charge in [0.25, 0.3) is 0 Å². The van der Waals surface area contributed by atoms with Crippen molar-refractivity contribution >= 4 is 5.97 Å². The smallest absolute Gasteiger partial charge is 0.310 e. The Hall–Kier alpha value is -1.35. The van der Waals surface area contributed by atoms with Crippen molar-refractivity contribution < 1.29 is 15.0 Å². The monoisotopic (exact) mass is 194 g/mol. The van der Waals surface area contributed by atoms with Gasteiger partial charge in [0.2, 0.25) is 0 Å². The molecule has 0 amide bonds. The number of hydrogen-bond donors (Lipinski definition) is 2. The zero-order chi connectivity index (χ0) is 10.7. The molecule has 0 aliphatic rings. The quantitative estimate of drug-likeness (QED) is 0.769. The van der Waals surface area contributed by atoms with Crippen LogP contribution in [0.4, 0.5) is 0 Å². The molecule has 1 aromatic carbocycles. The molecule has 3 heteroatoms. The minimum Gasteiger partial charge on any atom is -0.481 e. The first-order valence-corrected chi connectivity index (χ1v) is 4.49. The molecule has 0 heterocycles. The van der Waals surface area contributed by atoms with Gasteiger partial charge in [0.15, 0.2) is 0 Å². The summed E-state index contributed by atoms with van der Waals surface area (Å²) >= 11 is 0. The van der Waals surface area contributed by atoms with Crippen LogP contribution in [-0.4, -0.2) is 16.2 Å². The Morgan fingerprint density at radius 1 is 1.50 bits per heavy atom. The van der Waals surface area contributed by atoms with Gasteiger partial charge in [-0.1, -0.05) is 18.2 Å². The average Bonchev–Trinajstić information content (AvgIpc) is 2.16. The number of aliphatic carboxylic acids is 1. The second-order valence-corrected chi connectivity index (χ2v) is 3.41. The number of hydrogen-bond acceptors (Lipinski definition) is 2. The van der Waals surface area contributed by atoms with E-state index >= 15 is 0 Å². The molecular weight excluding hydrogens is 180 g/mol. The van der Waals surface area contributed by atoms with E-state index in [1.807, 2.05) is 13.0 Å². The first-order chi connectivity index (χ1) is 6.56. The standard InChI is InChI=1S/C11H14O3/c1-7-5-9(6-12)3-4-10(7)8(2)11(13)14/h3-5,8,12H,6H2,1-2H3,(H,13,14). The summed E-state index contributed by atoms with van der Waals surface area (Å²) in [6, 6.07) is 5.33. The maximum Gasteiger partial charge on any atom is 0.310 e. The van der Waals surface area contributed by atoms with E-state index in [4.69, 9.17) is 10.2 Å². The molecule has 2 N–H and O–H groups in total. The highest BCUT2D eigenvalue weighted by molar-refractivity contribution is 5.76. The van der Waals surface area contributed by atoms with Crippen LogP contribution < -0.4 is 0 Å². The van der Waals surface area contributed by atoms with Gasteiger partial charge in [0.05, 0.1) is 12.5 Å². The molecule has 0 fully saturated rings. The van der Waals surface area contributed by atoms with Crippen LogP contribution in [0.15, 0.2) is 18.2 Å². The number of rotatable bonds is 3. The molecule has 3 nitrogen and oxygen atoms in total. The zero-order valence-electron chi connectivity index (χ0n) is 8.32. The highest BCUT2D eigenvalue weighted by Crippen LogP contribution is 2.20. The Balaban J connectivity index is 3.05. The van der Waals surface area contributed by atoms with Gasteiger partial charge in [0, 0.05) is 0 Å². The molecule has 1 atom stereocenters. The van der Waals surface area contributed by atoms with Gasteiger partial charge < -0.3 is 10.2 Å². The molecule has 1 rings (SSSR count). The number of carbonyl (C=O) groups is 1. The summed E-state index contributed by atoms with van der Waals surface area (Å²) in [5.41, 5.74) is 2.52. The predicted octanol–water partition coefficient (Wildman–Crippen LogP) is 1.68. The third-order valence-corrected chi connectivity index (χ3v) is 2.35. The molecular formula is C11H14O3. The molecule has 0 bridgehead atoms. The van der Waals surface area contributed by atoms with Crippen molar-refractivity contribution in [1.82, 2.24) is 0 Å². The Labute approximate surface area is 83.0 Å². The van der Waals surface area contributed by atoms with Crippen molar-refractivity contribution in [3.63, 3.8) is 0 Å². The Morgan fingerprint density at radius 2 is 2.14 bits per heavy atom. The minimum absolute atomic E-state index is 0.0113. The first kappa shape index (κ1) is 10.7. The third-order valence-electron chi connectivity index (χ3n) is 2.35. The fourth-order valence-corrected chi connectivity index (χ4v) is 1.46. The molecule has 0 radical (unpaired) electrons. The summed E-state index contributed by atoms with van der Waals surface area (Å²) in [6.45, 7) is 3.50. The van der Waals surface area contributed by atoms with E-state index in [2.05, 4.69) is 0 Å². The van der Waals surface area contributed by atoms with Crippen LogP contribution in [0.2, 0.25) is 0 Å². The maximum absolute atomic E-state index is 10.8. The fourth-order valence-electron chi connectivity index (χ4n) is 1.46. The molecule has 0 aliphatic heterocycles. The normalized spacial score (nSPS) is 12.5. The number of aliphatic hydroxyl groups is 1. The third kappa shape index (κ3) is 2.12. The number of benzene rings is 1. The van der Waals surface area contributed by atoms with Crippen LogP contribution in [0.5, 0.6) is 0 Å². The summed E-state index contributed by atoms with van der Waals surface area (Å²) < 4.78 is 0. The maximum atomic E-state index is 10.8. The SMILES string of the molecule is Cc1cc(CO)ccc1C(C)C(=O)O. The van der Waals surface area contributed by atoms with Gasteiger partial charge in [0.1, 0.15) is 0 Å². The number of aliphatic hydroxyl groups excluding tert-OH is 1. The van der Waals surface area contributed by atoms with E-state index in [0.717, 1.165) is 16.7 Å². The van der Waals surface area contributed by atoms with Crippen LogP contribution in [0, 0.1) is 6.92 Å². The summed E-state index contributed by atoms with van der Waals surface area (Å²) in [7, 11) is 0. The highest BCUT2D eigenvalue weighted by atomic mass is 16.4. The van der Waals surface area contributed by atoms with Gasteiger partial charge in [-0.3, -0.25) is 4.79 Å². The Morgan fingerprint density at radius 3 is 2.57 bits per heavy atom. The molecule has 0 saturated heterocycles. The lowest BCUT2D eigenvalue weighted by atomic mass is 9.95. The summed E-state index contributed by atoms with van der Waals surface area (Å²) in [5, 5.41) is 17.7. The van der Waals surface area contributed by atoms with Crippen molar-refractivity contribution in [3.8, 4) is 0 Å². The van der Waals surface area contributed by atoms with Gasteiger partial charge in [-0.15, -0.1) is 0 Å². The van der Waals surface area contributed by atoms with Crippen molar-refractivity contribution in [2.75, 3.05) is 0 Å². The largest absolute Gasteiger partial charge is 0.481 e. The predicted molar refractivity (Wildman–Crippen MR) is 53.2 cm³/mol. The highest BCUT2D eigenvalue weighted by Gasteiger charge is 2.15. The molecule has 1 unspecified atom stereocenters. The van der Waals surface area contributed by atoms with Crippen LogP contribution in [0.25, 0.3) is 0 Å². The van der Waals surface area contributed by atoms with Gasteiger partial charge >= 0.3 is 5.97 Å². The average molecular weight is 194 g/mol. The van der Waals surface area contributed by atoms with E-state index in [-0.39, 0.29) is 6.61 Å². The number of aryl methyl sites for hydroxylation is 1. The van der Waals surface area contributed by atoms with E-state index in [1.165, 1.54) is 0 Å². The van der Waals surface area contributed by atoms with E-state index in [9.17, 15) is 4.79 Å². The van der Waals surface area contributed by atoms with Gasteiger partial charge in [-0.2, -0.15) is 0 Å². The molecule has 14 heavy (non-hydrogen) atoms. The summed E-state index contributed by atoms with van der Waals surface area (Å²) in [4.78, 5) is 10.8. The van der Waals surface area contributed by atoms with E-state index in [0.29, 0.717) is 0 Å². The molecule has 0 spiro atoms. The topological polar surface area (TPSA) is 57.5 Å². The molecule has 76 valence electrons. The van der Waals surface area contributed by atoms with Crippen molar-refractivity contribution in [2.45, 2.75) is 26.4 Å². The van der Waals surface area contributed by atoms with E-state index in [1.54, 1.807) is 19.1 Å². The minimum atomic E-state index is -0.829. The van der Waals surface area contributed by atoms with Gasteiger partial charge in [-0.05, 0) is 30.5 Å². The lowest BCUT2D eigenvalue weighted by Gasteiger charge is -2.11. The first-order valence-electron chi connectivity index (χ1n) is 4.49.